The Morgan fingerprint density at radius 2 is 1.81 bits per heavy atom. The molecule has 2 fully saturated rings. The molecule has 1 aromatic heterocycles. The van der Waals surface area contributed by atoms with Crippen molar-refractivity contribution in [3.05, 3.63) is 47.8 Å². The number of aromatic amines is 1. The third kappa shape index (κ3) is 4.53. The van der Waals surface area contributed by atoms with E-state index in [1.807, 2.05) is 0 Å². The van der Waals surface area contributed by atoms with Crippen molar-refractivity contribution in [1.29, 1.82) is 0 Å². The molecule has 0 aliphatic carbocycles. The molecule has 11 heteroatoms. The van der Waals surface area contributed by atoms with Gasteiger partial charge in [0.1, 0.15) is 22.2 Å². The molecule has 2 saturated heterocycles. The molecule has 0 radical (unpaired) electrons. The Kier molecular flexibility index (Phi) is 6.29. The quantitative estimate of drug-likeness (QED) is 0.707. The predicted octanol–water partition coefficient (Wildman–Crippen LogP) is 2.57. The first kappa shape index (κ1) is 22.4. The van der Waals surface area contributed by atoms with Gasteiger partial charge in [0.2, 0.25) is 15.9 Å². The van der Waals surface area contributed by atoms with E-state index in [0.717, 1.165) is 25.0 Å². The topological polar surface area (TPSA) is 103 Å². The summed E-state index contributed by atoms with van der Waals surface area (Å²) in [5, 5.41) is 2.41. The molecule has 2 aromatic rings. The summed E-state index contributed by atoms with van der Waals surface area (Å²) >= 11 is 0. The highest BCUT2D eigenvalue weighted by atomic mass is 32.2. The van der Waals surface area contributed by atoms with Crippen LogP contribution in [0.1, 0.15) is 36.2 Å². The van der Waals surface area contributed by atoms with E-state index in [1.165, 1.54) is 16.6 Å². The summed E-state index contributed by atoms with van der Waals surface area (Å²) in [7, 11) is -3.92. The Morgan fingerprint density at radius 1 is 1.06 bits per heavy atom. The minimum Gasteiger partial charge on any atom is -0.356 e. The average Bonchev–Trinajstić information content (AvgIpc) is 3.48. The van der Waals surface area contributed by atoms with Crippen LogP contribution in [0.5, 0.6) is 0 Å². The lowest BCUT2D eigenvalue weighted by Gasteiger charge is -2.31. The van der Waals surface area contributed by atoms with E-state index < -0.39 is 33.5 Å². The number of hydrogen-bond acceptors (Lipinski definition) is 4. The zero-order chi connectivity index (χ0) is 22.9. The normalized spacial score (nSPS) is 19.8. The van der Waals surface area contributed by atoms with Gasteiger partial charge in [-0.05, 0) is 43.9 Å². The molecule has 172 valence electrons. The average molecular weight is 467 g/mol. The number of H-pyrrole nitrogens is 1. The molecule has 0 spiro atoms. The number of carbonyl (C=O) groups excluding carboxylic acids is 2. The fourth-order valence-electron chi connectivity index (χ4n) is 4.09. The van der Waals surface area contributed by atoms with Crippen LogP contribution in [-0.2, 0) is 14.8 Å². The van der Waals surface area contributed by atoms with Crippen molar-refractivity contribution in [3.8, 4) is 0 Å². The summed E-state index contributed by atoms with van der Waals surface area (Å²) in [6, 6.07) is 4.15. The lowest BCUT2D eigenvalue weighted by molar-refractivity contribution is -0.120. The molecule has 32 heavy (non-hydrogen) atoms. The maximum absolute atomic E-state index is 13.8. The maximum Gasteiger partial charge on any atom is 0.270 e. The van der Waals surface area contributed by atoms with Crippen LogP contribution in [0.15, 0.2) is 35.4 Å². The lowest BCUT2D eigenvalue weighted by atomic mass is 9.98. The highest BCUT2D eigenvalue weighted by Crippen LogP contribution is 2.26. The van der Waals surface area contributed by atoms with Crippen LogP contribution in [-0.4, -0.2) is 60.6 Å². The Morgan fingerprint density at radius 3 is 2.53 bits per heavy atom. The van der Waals surface area contributed by atoms with Crippen LogP contribution >= 0.6 is 0 Å². The summed E-state index contributed by atoms with van der Waals surface area (Å²) in [5.74, 6) is -3.12. The highest BCUT2D eigenvalue weighted by Gasteiger charge is 2.34. The molecule has 1 unspecified atom stereocenters. The molecular weight excluding hydrogens is 442 g/mol. The molecule has 2 aliphatic rings. The third-order valence-corrected chi connectivity index (χ3v) is 7.70. The lowest BCUT2D eigenvalue weighted by Crippen LogP contribution is -2.43. The summed E-state index contributed by atoms with van der Waals surface area (Å²) < 4.78 is 54.3. The van der Waals surface area contributed by atoms with Gasteiger partial charge in [-0.1, -0.05) is 0 Å². The largest absolute Gasteiger partial charge is 0.356 e. The SMILES string of the molecule is O=C(Nc1ccc(F)cc1F)C1CCCN(S(=O)(=O)c2c[nH]c(C(=O)N3CCCC3)c2)C1. The van der Waals surface area contributed by atoms with Gasteiger partial charge in [-0.15, -0.1) is 0 Å². The van der Waals surface area contributed by atoms with Crippen molar-refractivity contribution in [2.45, 2.75) is 30.6 Å². The standard InChI is InChI=1S/C21H24F2N4O4S/c22-15-5-6-18(17(23)10-15)25-20(28)14-4-3-9-27(13-14)32(30,31)16-11-19(24-12-16)21(29)26-7-1-2-8-26/h5-6,10-12,14,24H,1-4,7-9,13H2,(H,25,28). The first-order valence-corrected chi connectivity index (χ1v) is 11.9. The van der Waals surface area contributed by atoms with E-state index >= 15 is 0 Å². The summed E-state index contributed by atoms with van der Waals surface area (Å²) in [6.45, 7) is 1.46. The third-order valence-electron chi connectivity index (χ3n) is 5.86. The second kappa shape index (κ2) is 8.99. The number of benzene rings is 1. The minimum absolute atomic E-state index is 0.0364. The molecule has 0 saturated carbocycles. The zero-order valence-corrected chi connectivity index (χ0v) is 18.1. The van der Waals surface area contributed by atoms with Crippen LogP contribution in [0, 0.1) is 17.6 Å². The van der Waals surface area contributed by atoms with Gasteiger partial charge in [0.15, 0.2) is 0 Å². The number of sulfonamides is 1. The van der Waals surface area contributed by atoms with Crippen LogP contribution in [0.4, 0.5) is 14.5 Å². The Bertz CT molecular complexity index is 1130. The zero-order valence-electron chi connectivity index (χ0n) is 17.3. The van der Waals surface area contributed by atoms with Gasteiger partial charge in [0.25, 0.3) is 5.91 Å². The monoisotopic (exact) mass is 466 g/mol. The number of likely N-dealkylation sites (tertiary alicyclic amines) is 1. The number of aromatic nitrogens is 1. The Hall–Kier alpha value is -2.79. The number of halogens is 2. The number of rotatable bonds is 5. The molecular formula is C21H24F2N4O4S. The number of nitrogens with zero attached hydrogens (tertiary/aromatic N) is 2. The second-order valence-corrected chi connectivity index (χ2v) is 10.0. The molecule has 0 bridgehead atoms. The van der Waals surface area contributed by atoms with Gasteiger partial charge >= 0.3 is 0 Å². The summed E-state index contributed by atoms with van der Waals surface area (Å²) in [6.07, 6.45) is 4.03. The summed E-state index contributed by atoms with van der Waals surface area (Å²) in [5.41, 5.74) is 0.0515. The fraction of sp³-hybridized carbons (Fsp3) is 0.429. The van der Waals surface area contributed by atoms with Gasteiger partial charge in [-0.2, -0.15) is 4.31 Å². The van der Waals surface area contributed by atoms with Crippen molar-refractivity contribution in [2.24, 2.45) is 5.92 Å². The fourth-order valence-corrected chi connectivity index (χ4v) is 5.61. The molecule has 1 atom stereocenters. The number of nitrogens with one attached hydrogen (secondary N) is 2. The van der Waals surface area contributed by atoms with Crippen molar-refractivity contribution in [3.63, 3.8) is 0 Å². The number of anilines is 1. The number of amides is 2. The molecule has 8 nitrogen and oxygen atoms in total. The summed E-state index contributed by atoms with van der Waals surface area (Å²) in [4.78, 5) is 29.5. The molecule has 2 aliphatic heterocycles. The van der Waals surface area contributed by atoms with Crippen LogP contribution in [0.2, 0.25) is 0 Å². The number of carbonyl (C=O) groups is 2. The molecule has 1 aromatic carbocycles. The smallest absolute Gasteiger partial charge is 0.270 e. The van der Waals surface area contributed by atoms with E-state index in [1.54, 1.807) is 4.90 Å². The maximum atomic E-state index is 13.8. The number of piperidine rings is 1. The van der Waals surface area contributed by atoms with Crippen molar-refractivity contribution in [2.75, 3.05) is 31.5 Å². The number of hydrogen-bond donors (Lipinski definition) is 2. The van der Waals surface area contributed by atoms with Crippen molar-refractivity contribution < 1.29 is 26.8 Å². The van der Waals surface area contributed by atoms with Crippen molar-refractivity contribution >= 4 is 27.5 Å². The molecule has 2 N–H and O–H groups in total. The van der Waals surface area contributed by atoms with E-state index in [2.05, 4.69) is 10.3 Å². The van der Waals surface area contributed by atoms with E-state index in [4.69, 9.17) is 0 Å². The molecule has 2 amide bonds. The van der Waals surface area contributed by atoms with Crippen molar-refractivity contribution in [1.82, 2.24) is 14.2 Å². The minimum atomic E-state index is -3.92. The van der Waals surface area contributed by atoms with Crippen LogP contribution in [0.25, 0.3) is 0 Å². The van der Waals surface area contributed by atoms with Gasteiger partial charge in [0.05, 0.1) is 11.6 Å². The van der Waals surface area contributed by atoms with Crippen LogP contribution in [0.3, 0.4) is 0 Å². The first-order valence-electron chi connectivity index (χ1n) is 10.5. The Balaban J connectivity index is 1.45. The Labute approximate surface area is 184 Å². The van der Waals surface area contributed by atoms with E-state index in [0.29, 0.717) is 32.0 Å². The van der Waals surface area contributed by atoms with Gasteiger partial charge < -0.3 is 15.2 Å². The van der Waals surface area contributed by atoms with E-state index in [-0.39, 0.29) is 35.3 Å². The molecule has 3 heterocycles. The first-order chi connectivity index (χ1) is 15.3. The van der Waals surface area contributed by atoms with Crippen LogP contribution < -0.4 is 5.32 Å². The second-order valence-electron chi connectivity index (χ2n) is 8.06. The highest BCUT2D eigenvalue weighted by molar-refractivity contribution is 7.89. The molecule has 4 rings (SSSR count). The van der Waals surface area contributed by atoms with Gasteiger partial charge in [0, 0.05) is 38.4 Å². The van der Waals surface area contributed by atoms with Gasteiger partial charge in [-0.3, -0.25) is 9.59 Å². The predicted molar refractivity (Wildman–Crippen MR) is 112 cm³/mol. The van der Waals surface area contributed by atoms with Gasteiger partial charge in [-0.25, -0.2) is 17.2 Å². The van der Waals surface area contributed by atoms with E-state index in [9.17, 15) is 26.8 Å².